The van der Waals surface area contributed by atoms with Crippen molar-refractivity contribution in [3.8, 4) is 5.75 Å². The van der Waals surface area contributed by atoms with Gasteiger partial charge in [0.1, 0.15) is 11.4 Å². The minimum absolute atomic E-state index is 0.794. The van der Waals surface area contributed by atoms with Crippen LogP contribution >= 0.6 is 0 Å². The fraction of sp³-hybridized carbons (Fsp3) is 0.130. The second-order valence-electron chi connectivity index (χ2n) is 6.35. The van der Waals surface area contributed by atoms with Crippen molar-refractivity contribution in [2.24, 2.45) is 0 Å². The molecule has 2 nitrogen and oxygen atoms in total. The number of aliphatic hydroxyl groups is 1. The van der Waals surface area contributed by atoms with Crippen LogP contribution in [0.5, 0.6) is 5.75 Å². The molecular weight excluding hydrogens is 308 g/mol. The largest absolute Gasteiger partial charge is 0.497 e. The van der Waals surface area contributed by atoms with E-state index in [9.17, 15) is 5.11 Å². The summed E-state index contributed by atoms with van der Waals surface area (Å²) in [5.41, 5.74) is 4.67. The van der Waals surface area contributed by atoms with Crippen LogP contribution in [0.2, 0.25) is 0 Å². The molecule has 3 aromatic carbocycles. The summed E-state index contributed by atoms with van der Waals surface area (Å²) in [5.74, 6) is 0.794. The lowest BCUT2D eigenvalue weighted by Gasteiger charge is -2.29. The van der Waals surface area contributed by atoms with Gasteiger partial charge in [-0.25, -0.2) is 0 Å². The smallest absolute Gasteiger partial charge is 0.142 e. The van der Waals surface area contributed by atoms with Gasteiger partial charge < -0.3 is 9.84 Å². The summed E-state index contributed by atoms with van der Waals surface area (Å²) in [4.78, 5) is 0. The number of hydrogen-bond acceptors (Lipinski definition) is 2. The summed E-state index contributed by atoms with van der Waals surface area (Å²) in [6.45, 7) is 2.07. The highest BCUT2D eigenvalue weighted by Crippen LogP contribution is 2.53. The Bertz CT molecular complexity index is 942. The van der Waals surface area contributed by atoms with Crippen LogP contribution in [0.15, 0.2) is 78.9 Å². The van der Waals surface area contributed by atoms with E-state index in [1.54, 1.807) is 7.11 Å². The standard InChI is InChI=1S/C23H20O2/c1-16-20-15-19(25-2)13-14-21(20)23(24,18-11-7-4-8-12-18)22(16)17-9-5-3-6-10-17/h3-15,24H,1-2H3. The van der Waals surface area contributed by atoms with E-state index < -0.39 is 5.60 Å². The van der Waals surface area contributed by atoms with Crippen LogP contribution in [0, 0.1) is 0 Å². The second kappa shape index (κ2) is 5.91. The predicted octanol–water partition coefficient (Wildman–Crippen LogP) is 4.88. The van der Waals surface area contributed by atoms with Crippen LogP contribution in [0.1, 0.15) is 29.2 Å². The Morgan fingerprint density at radius 1 is 0.840 bits per heavy atom. The Labute approximate surface area is 148 Å². The zero-order chi connectivity index (χ0) is 17.4. The topological polar surface area (TPSA) is 29.5 Å². The molecule has 0 amide bonds. The minimum Gasteiger partial charge on any atom is -0.497 e. The number of rotatable bonds is 3. The highest BCUT2D eigenvalue weighted by molar-refractivity contribution is 6.02. The van der Waals surface area contributed by atoms with E-state index in [0.29, 0.717) is 0 Å². The lowest BCUT2D eigenvalue weighted by Crippen LogP contribution is -2.26. The number of ether oxygens (including phenoxy) is 1. The maximum absolute atomic E-state index is 12.0. The summed E-state index contributed by atoms with van der Waals surface area (Å²) < 4.78 is 5.40. The zero-order valence-electron chi connectivity index (χ0n) is 14.4. The predicted molar refractivity (Wildman–Crippen MR) is 101 cm³/mol. The van der Waals surface area contributed by atoms with Crippen molar-refractivity contribution >= 4 is 11.1 Å². The number of benzene rings is 3. The molecule has 124 valence electrons. The molecule has 0 radical (unpaired) electrons. The van der Waals surface area contributed by atoms with Gasteiger partial charge in [-0.05, 0) is 41.3 Å². The van der Waals surface area contributed by atoms with Gasteiger partial charge in [0.25, 0.3) is 0 Å². The molecule has 0 heterocycles. The summed E-state index contributed by atoms with van der Waals surface area (Å²) in [6.07, 6.45) is 0. The SMILES string of the molecule is COc1ccc2c(c1)C(C)=C(c1ccccc1)C2(O)c1ccccc1. The first kappa shape index (κ1) is 15.7. The monoisotopic (exact) mass is 328 g/mol. The molecule has 0 fully saturated rings. The van der Waals surface area contributed by atoms with Crippen molar-refractivity contribution in [2.45, 2.75) is 12.5 Å². The lowest BCUT2D eigenvalue weighted by molar-refractivity contribution is 0.148. The van der Waals surface area contributed by atoms with Crippen molar-refractivity contribution in [1.82, 2.24) is 0 Å². The van der Waals surface area contributed by atoms with Gasteiger partial charge in [0.15, 0.2) is 0 Å². The molecule has 3 aromatic rings. The summed E-state index contributed by atoms with van der Waals surface area (Å²) >= 11 is 0. The van der Waals surface area contributed by atoms with E-state index in [2.05, 4.69) is 19.1 Å². The molecular formula is C23H20O2. The minimum atomic E-state index is -1.17. The Morgan fingerprint density at radius 2 is 1.48 bits per heavy atom. The van der Waals surface area contributed by atoms with Gasteiger partial charge in [0, 0.05) is 11.1 Å². The maximum Gasteiger partial charge on any atom is 0.142 e. The Hall–Kier alpha value is -2.84. The fourth-order valence-electron chi connectivity index (χ4n) is 3.83. The van der Waals surface area contributed by atoms with Gasteiger partial charge in [-0.15, -0.1) is 0 Å². The number of fused-ring (bicyclic) bond motifs is 1. The Kier molecular flexibility index (Phi) is 3.70. The van der Waals surface area contributed by atoms with Gasteiger partial charge in [0.05, 0.1) is 7.11 Å². The third-order valence-electron chi connectivity index (χ3n) is 5.01. The molecule has 0 aromatic heterocycles. The lowest BCUT2D eigenvalue weighted by atomic mass is 9.80. The van der Waals surface area contributed by atoms with Crippen LogP contribution in [0.25, 0.3) is 11.1 Å². The highest BCUT2D eigenvalue weighted by atomic mass is 16.5. The first-order valence-electron chi connectivity index (χ1n) is 8.40. The molecule has 0 saturated heterocycles. The summed E-state index contributed by atoms with van der Waals surface area (Å²) in [6, 6.07) is 25.9. The van der Waals surface area contributed by atoms with Crippen molar-refractivity contribution in [3.63, 3.8) is 0 Å². The molecule has 0 bridgehead atoms. The van der Waals surface area contributed by atoms with Crippen molar-refractivity contribution in [2.75, 3.05) is 7.11 Å². The molecule has 1 N–H and O–H groups in total. The Balaban J connectivity index is 2.04. The zero-order valence-corrected chi connectivity index (χ0v) is 14.4. The van der Waals surface area contributed by atoms with E-state index in [4.69, 9.17) is 4.74 Å². The van der Waals surface area contributed by atoms with E-state index >= 15 is 0 Å². The fourth-order valence-corrected chi connectivity index (χ4v) is 3.83. The molecule has 25 heavy (non-hydrogen) atoms. The van der Waals surface area contributed by atoms with Crippen LogP contribution in [0.3, 0.4) is 0 Å². The summed E-state index contributed by atoms with van der Waals surface area (Å²) in [5, 5.41) is 12.0. The van der Waals surface area contributed by atoms with Crippen LogP contribution in [-0.2, 0) is 5.60 Å². The second-order valence-corrected chi connectivity index (χ2v) is 6.35. The van der Waals surface area contributed by atoms with Crippen LogP contribution in [0.4, 0.5) is 0 Å². The van der Waals surface area contributed by atoms with Gasteiger partial charge in [-0.1, -0.05) is 66.7 Å². The van der Waals surface area contributed by atoms with Crippen LogP contribution < -0.4 is 4.74 Å². The molecule has 1 unspecified atom stereocenters. The van der Waals surface area contributed by atoms with E-state index in [-0.39, 0.29) is 0 Å². The molecule has 2 heteroatoms. The average molecular weight is 328 g/mol. The third kappa shape index (κ3) is 2.30. The molecule has 0 spiro atoms. The van der Waals surface area contributed by atoms with Crippen molar-refractivity contribution in [3.05, 3.63) is 101 Å². The first-order valence-corrected chi connectivity index (χ1v) is 8.40. The molecule has 1 aliphatic carbocycles. The molecule has 0 saturated carbocycles. The van der Waals surface area contributed by atoms with Gasteiger partial charge >= 0.3 is 0 Å². The van der Waals surface area contributed by atoms with Crippen molar-refractivity contribution < 1.29 is 9.84 Å². The van der Waals surface area contributed by atoms with Gasteiger partial charge in [-0.3, -0.25) is 0 Å². The highest BCUT2D eigenvalue weighted by Gasteiger charge is 2.44. The van der Waals surface area contributed by atoms with E-state index in [0.717, 1.165) is 39.1 Å². The normalized spacial score (nSPS) is 19.0. The Morgan fingerprint density at radius 3 is 2.12 bits per heavy atom. The molecule has 1 atom stereocenters. The van der Waals surface area contributed by atoms with Crippen LogP contribution in [-0.4, -0.2) is 12.2 Å². The number of allylic oxidation sites excluding steroid dienone is 1. The molecule has 1 aliphatic rings. The van der Waals surface area contributed by atoms with E-state index in [1.807, 2.05) is 66.7 Å². The first-order chi connectivity index (χ1) is 12.2. The summed E-state index contributed by atoms with van der Waals surface area (Å²) in [7, 11) is 1.66. The molecule has 0 aliphatic heterocycles. The van der Waals surface area contributed by atoms with Crippen molar-refractivity contribution in [1.29, 1.82) is 0 Å². The number of hydrogen-bond donors (Lipinski definition) is 1. The van der Waals surface area contributed by atoms with E-state index in [1.165, 1.54) is 0 Å². The van der Waals surface area contributed by atoms with Gasteiger partial charge in [0.2, 0.25) is 0 Å². The van der Waals surface area contributed by atoms with Gasteiger partial charge in [-0.2, -0.15) is 0 Å². The average Bonchev–Trinajstić information content (AvgIpc) is 2.91. The third-order valence-corrected chi connectivity index (χ3v) is 5.01. The molecule has 4 rings (SSSR count). The maximum atomic E-state index is 12.0. The quantitative estimate of drug-likeness (QED) is 0.743. The number of methoxy groups -OCH3 is 1.